The van der Waals surface area contributed by atoms with Crippen molar-refractivity contribution in [3.05, 3.63) is 70.0 Å². The average molecular weight is 458 g/mol. The van der Waals surface area contributed by atoms with Crippen LogP contribution in [0.4, 0.5) is 5.69 Å². The van der Waals surface area contributed by atoms with Crippen LogP contribution >= 0.6 is 23.4 Å². The van der Waals surface area contributed by atoms with E-state index in [9.17, 15) is 9.59 Å². The van der Waals surface area contributed by atoms with Gasteiger partial charge in [-0.3, -0.25) is 9.59 Å². The van der Waals surface area contributed by atoms with E-state index in [1.165, 1.54) is 11.8 Å². The number of carbonyl (C=O) groups excluding carboxylic acids is 2. The first-order valence-electron chi connectivity index (χ1n) is 9.71. The van der Waals surface area contributed by atoms with Crippen molar-refractivity contribution in [2.75, 3.05) is 11.1 Å². The Bertz CT molecular complexity index is 1120. The molecule has 0 unspecified atom stereocenters. The van der Waals surface area contributed by atoms with Crippen LogP contribution in [0.2, 0.25) is 5.02 Å². The number of amides is 2. The van der Waals surface area contributed by atoms with Gasteiger partial charge in [-0.15, -0.1) is 10.2 Å². The zero-order valence-corrected chi connectivity index (χ0v) is 19.3. The largest absolute Gasteiger partial charge is 0.342 e. The summed E-state index contributed by atoms with van der Waals surface area (Å²) >= 11 is 7.23. The third kappa shape index (κ3) is 5.65. The molecular weight excluding hydrogens is 434 g/mol. The van der Waals surface area contributed by atoms with E-state index in [1.54, 1.807) is 28.8 Å². The molecular formula is C22H24ClN5O2S. The smallest absolute Gasteiger partial charge is 0.252 e. The van der Waals surface area contributed by atoms with Crippen molar-refractivity contribution >= 4 is 40.9 Å². The molecule has 0 spiro atoms. The second-order valence-corrected chi connectivity index (χ2v) is 8.58. The molecule has 3 aromatic rings. The molecule has 1 aromatic heterocycles. The Morgan fingerprint density at radius 2 is 1.87 bits per heavy atom. The van der Waals surface area contributed by atoms with Crippen LogP contribution in [0.15, 0.2) is 47.6 Å². The van der Waals surface area contributed by atoms with Crippen molar-refractivity contribution in [2.24, 2.45) is 7.05 Å². The molecule has 0 fully saturated rings. The standard InChI is InChI=1S/C22H24ClN5O2S/c1-13-7-5-6-8-17(13)21(30)24-15(3)20-26-27-22(28(20)4)31-12-19(29)25-18-10-9-16(23)11-14(18)2/h5-11,15H,12H2,1-4H3,(H,24,30)(H,25,29)/t15-/m1/s1. The molecule has 0 aliphatic carbocycles. The minimum atomic E-state index is -0.343. The number of aryl methyl sites for hydroxylation is 2. The van der Waals surface area contributed by atoms with Crippen LogP contribution in [0, 0.1) is 13.8 Å². The Balaban J connectivity index is 1.59. The number of nitrogens with one attached hydrogen (secondary N) is 2. The number of carbonyl (C=O) groups is 2. The van der Waals surface area contributed by atoms with E-state index in [-0.39, 0.29) is 23.6 Å². The zero-order chi connectivity index (χ0) is 22.5. The van der Waals surface area contributed by atoms with Gasteiger partial charge < -0.3 is 15.2 Å². The normalized spacial score (nSPS) is 11.8. The lowest BCUT2D eigenvalue weighted by atomic mass is 10.1. The molecule has 162 valence electrons. The first-order chi connectivity index (χ1) is 14.8. The van der Waals surface area contributed by atoms with Gasteiger partial charge in [-0.05, 0) is 56.2 Å². The SMILES string of the molecule is Cc1cc(Cl)ccc1NC(=O)CSc1nnc([C@@H](C)NC(=O)c2ccccc2C)n1C. The van der Waals surface area contributed by atoms with Gasteiger partial charge in [0.1, 0.15) is 0 Å². The molecule has 0 aliphatic heterocycles. The van der Waals surface area contributed by atoms with Gasteiger partial charge in [-0.1, -0.05) is 41.6 Å². The summed E-state index contributed by atoms with van der Waals surface area (Å²) in [6, 6.07) is 12.4. The van der Waals surface area contributed by atoms with Gasteiger partial charge in [0.2, 0.25) is 5.91 Å². The summed E-state index contributed by atoms with van der Waals surface area (Å²) in [4.78, 5) is 24.9. The quantitative estimate of drug-likeness (QED) is 0.516. The number of halogens is 1. The predicted molar refractivity (Wildman–Crippen MR) is 124 cm³/mol. The van der Waals surface area contributed by atoms with Crippen LogP contribution in [0.25, 0.3) is 0 Å². The number of benzene rings is 2. The van der Waals surface area contributed by atoms with Gasteiger partial charge in [0.05, 0.1) is 11.8 Å². The Labute approximate surface area is 190 Å². The van der Waals surface area contributed by atoms with Crippen molar-refractivity contribution in [3.63, 3.8) is 0 Å². The summed E-state index contributed by atoms with van der Waals surface area (Å²) in [6.07, 6.45) is 0. The average Bonchev–Trinajstić information content (AvgIpc) is 3.09. The molecule has 0 saturated heterocycles. The third-order valence-electron chi connectivity index (χ3n) is 4.79. The molecule has 2 amide bonds. The number of rotatable bonds is 7. The van der Waals surface area contributed by atoms with E-state index >= 15 is 0 Å². The Morgan fingerprint density at radius 3 is 2.58 bits per heavy atom. The van der Waals surface area contributed by atoms with E-state index in [4.69, 9.17) is 11.6 Å². The van der Waals surface area contributed by atoms with Crippen molar-refractivity contribution in [1.29, 1.82) is 0 Å². The van der Waals surface area contributed by atoms with Gasteiger partial charge in [0.15, 0.2) is 11.0 Å². The summed E-state index contributed by atoms with van der Waals surface area (Å²) in [5.74, 6) is 0.470. The lowest BCUT2D eigenvalue weighted by molar-refractivity contribution is -0.113. The molecule has 31 heavy (non-hydrogen) atoms. The molecule has 0 saturated carbocycles. The minimum absolute atomic E-state index is 0.152. The highest BCUT2D eigenvalue weighted by Crippen LogP contribution is 2.22. The van der Waals surface area contributed by atoms with Gasteiger partial charge in [0, 0.05) is 23.3 Å². The number of hydrogen-bond acceptors (Lipinski definition) is 5. The molecule has 0 bridgehead atoms. The maximum Gasteiger partial charge on any atom is 0.252 e. The highest BCUT2D eigenvalue weighted by molar-refractivity contribution is 7.99. The second-order valence-electron chi connectivity index (χ2n) is 7.21. The van der Waals surface area contributed by atoms with Crippen molar-refractivity contribution in [3.8, 4) is 0 Å². The number of nitrogens with zero attached hydrogens (tertiary/aromatic N) is 3. The number of thioether (sulfide) groups is 1. The van der Waals surface area contributed by atoms with Crippen molar-refractivity contribution < 1.29 is 9.59 Å². The lowest BCUT2D eigenvalue weighted by Gasteiger charge is -2.14. The van der Waals surface area contributed by atoms with E-state index in [2.05, 4.69) is 20.8 Å². The summed E-state index contributed by atoms with van der Waals surface area (Å²) < 4.78 is 1.79. The van der Waals surface area contributed by atoms with Gasteiger partial charge >= 0.3 is 0 Å². The first-order valence-corrected chi connectivity index (χ1v) is 11.1. The fourth-order valence-electron chi connectivity index (χ4n) is 3.08. The number of aromatic nitrogens is 3. The van der Waals surface area contributed by atoms with Gasteiger partial charge in [-0.25, -0.2) is 0 Å². The van der Waals surface area contributed by atoms with Crippen LogP contribution < -0.4 is 10.6 Å². The van der Waals surface area contributed by atoms with Crippen LogP contribution in [0.1, 0.15) is 40.3 Å². The van der Waals surface area contributed by atoms with Gasteiger partial charge in [-0.2, -0.15) is 0 Å². The van der Waals surface area contributed by atoms with Crippen LogP contribution in [0.3, 0.4) is 0 Å². The summed E-state index contributed by atoms with van der Waals surface area (Å²) in [7, 11) is 1.81. The molecule has 0 radical (unpaired) electrons. The Hall–Kier alpha value is -2.84. The molecule has 3 rings (SSSR count). The monoisotopic (exact) mass is 457 g/mol. The second kappa shape index (κ2) is 9.98. The Kier molecular flexibility index (Phi) is 7.35. The first kappa shape index (κ1) is 22.8. The van der Waals surface area contributed by atoms with Gasteiger partial charge in [0.25, 0.3) is 5.91 Å². The van der Waals surface area contributed by atoms with Crippen LogP contribution in [-0.4, -0.2) is 32.3 Å². The van der Waals surface area contributed by atoms with E-state index in [1.807, 2.05) is 46.0 Å². The maximum atomic E-state index is 12.6. The summed E-state index contributed by atoms with van der Waals surface area (Å²) in [5, 5.41) is 15.4. The van der Waals surface area contributed by atoms with Crippen LogP contribution in [0.5, 0.6) is 0 Å². The molecule has 7 nitrogen and oxygen atoms in total. The summed E-state index contributed by atoms with van der Waals surface area (Å²) in [6.45, 7) is 5.63. The van der Waals surface area contributed by atoms with Crippen LogP contribution in [-0.2, 0) is 11.8 Å². The van der Waals surface area contributed by atoms with E-state index < -0.39 is 0 Å². The molecule has 2 aromatic carbocycles. The van der Waals surface area contributed by atoms with Crippen molar-refractivity contribution in [1.82, 2.24) is 20.1 Å². The van der Waals surface area contributed by atoms with E-state index in [0.717, 1.165) is 16.8 Å². The Morgan fingerprint density at radius 1 is 1.13 bits per heavy atom. The molecule has 0 aliphatic rings. The maximum absolute atomic E-state index is 12.6. The molecule has 1 heterocycles. The minimum Gasteiger partial charge on any atom is -0.342 e. The number of hydrogen-bond donors (Lipinski definition) is 2. The predicted octanol–water partition coefficient (Wildman–Crippen LogP) is 4.31. The summed E-state index contributed by atoms with van der Waals surface area (Å²) in [5.41, 5.74) is 3.15. The zero-order valence-electron chi connectivity index (χ0n) is 17.8. The fourth-order valence-corrected chi connectivity index (χ4v) is 4.02. The third-order valence-corrected chi connectivity index (χ3v) is 6.04. The highest BCUT2D eigenvalue weighted by atomic mass is 35.5. The number of anilines is 1. The van der Waals surface area contributed by atoms with E-state index in [0.29, 0.717) is 21.6 Å². The van der Waals surface area contributed by atoms with Crippen molar-refractivity contribution in [2.45, 2.75) is 32.0 Å². The molecule has 9 heteroatoms. The highest BCUT2D eigenvalue weighted by Gasteiger charge is 2.19. The topological polar surface area (TPSA) is 88.9 Å². The fraction of sp³-hybridized carbons (Fsp3) is 0.273. The molecule has 1 atom stereocenters. The lowest BCUT2D eigenvalue weighted by Crippen LogP contribution is -2.29. The molecule has 2 N–H and O–H groups in total.